The Bertz CT molecular complexity index is 1310. The Morgan fingerprint density at radius 3 is 2.74 bits per heavy atom. The summed E-state index contributed by atoms with van der Waals surface area (Å²) in [4.78, 5) is 18.5. The maximum atomic E-state index is 9.75. The molecule has 1 aliphatic carbocycles. The molecule has 0 bridgehead atoms. The Balaban J connectivity index is 1.50. The highest BCUT2D eigenvalue weighted by Crippen LogP contribution is 2.38. The number of pyridine rings is 2. The van der Waals surface area contributed by atoms with Gasteiger partial charge in [-0.1, -0.05) is 19.9 Å². The van der Waals surface area contributed by atoms with E-state index in [1.54, 1.807) is 12.4 Å². The molecule has 8 heteroatoms. The number of nitrogens with zero attached hydrogens (tertiary/aromatic N) is 4. The molecule has 4 aromatic rings. The number of aryl methyl sites for hydroxylation is 2. The van der Waals surface area contributed by atoms with E-state index < -0.39 is 0 Å². The molecule has 0 saturated heterocycles. The molecule has 1 fully saturated rings. The minimum Gasteiger partial charge on any atom is -0.454 e. The summed E-state index contributed by atoms with van der Waals surface area (Å²) in [6.07, 6.45) is 6.32. The molecule has 0 unspecified atom stereocenters. The van der Waals surface area contributed by atoms with Crippen LogP contribution < -0.4 is 10.6 Å². The molecule has 1 saturated carbocycles. The van der Waals surface area contributed by atoms with Gasteiger partial charge in [-0.05, 0) is 62.3 Å². The molecule has 0 aliphatic heterocycles. The lowest BCUT2D eigenvalue weighted by Gasteiger charge is -2.18. The topological polar surface area (TPSA) is 109 Å². The third-order valence-electron chi connectivity index (χ3n) is 6.94. The fraction of sp³-hybridized carbons (Fsp3) is 0.407. The summed E-state index contributed by atoms with van der Waals surface area (Å²) in [6, 6.07) is 10.2. The average Bonchev–Trinajstić information content (AvgIpc) is 3.44. The van der Waals surface area contributed by atoms with Crippen molar-refractivity contribution in [2.45, 2.75) is 52.6 Å². The monoisotopic (exact) mass is 472 g/mol. The van der Waals surface area contributed by atoms with Crippen LogP contribution in [-0.4, -0.2) is 37.7 Å². The molecule has 3 N–H and O–H groups in total. The van der Waals surface area contributed by atoms with Gasteiger partial charge in [0.2, 0.25) is 5.95 Å². The van der Waals surface area contributed by atoms with Crippen molar-refractivity contribution in [2.75, 3.05) is 17.2 Å². The Morgan fingerprint density at radius 1 is 1.11 bits per heavy atom. The highest BCUT2D eigenvalue weighted by Gasteiger charge is 2.32. The predicted octanol–water partition coefficient (Wildman–Crippen LogP) is 4.98. The van der Waals surface area contributed by atoms with Gasteiger partial charge >= 0.3 is 0 Å². The lowest BCUT2D eigenvalue weighted by Crippen LogP contribution is -2.19. The van der Waals surface area contributed by atoms with E-state index >= 15 is 0 Å². The van der Waals surface area contributed by atoms with Crippen molar-refractivity contribution in [1.82, 2.24) is 19.9 Å². The molecule has 5 rings (SSSR count). The van der Waals surface area contributed by atoms with Gasteiger partial charge in [-0.15, -0.1) is 0 Å². The molecule has 0 spiro atoms. The summed E-state index contributed by atoms with van der Waals surface area (Å²) < 4.78 is 6.22. The molecular formula is C27H32N6O2. The number of nitrogens with one attached hydrogen (secondary N) is 2. The fourth-order valence-corrected chi connectivity index (χ4v) is 4.93. The van der Waals surface area contributed by atoms with Crippen LogP contribution in [0, 0.1) is 18.8 Å². The van der Waals surface area contributed by atoms with E-state index in [1.807, 2.05) is 31.2 Å². The van der Waals surface area contributed by atoms with Gasteiger partial charge in [-0.2, -0.15) is 4.98 Å². The predicted molar refractivity (Wildman–Crippen MR) is 137 cm³/mol. The summed E-state index contributed by atoms with van der Waals surface area (Å²) in [6.45, 7) is 7.01. The molecule has 4 aromatic heterocycles. The molecule has 3 atom stereocenters. The molecule has 4 heterocycles. The summed E-state index contributed by atoms with van der Waals surface area (Å²) in [5.74, 6) is 2.74. The first-order chi connectivity index (χ1) is 17.0. The summed E-state index contributed by atoms with van der Waals surface area (Å²) >= 11 is 0. The number of aromatic nitrogens is 4. The minimum atomic E-state index is 0.211. The van der Waals surface area contributed by atoms with E-state index in [4.69, 9.17) is 14.4 Å². The minimum absolute atomic E-state index is 0.211. The second-order valence-corrected chi connectivity index (χ2v) is 9.44. The van der Waals surface area contributed by atoms with Gasteiger partial charge in [-0.25, -0.2) is 4.98 Å². The quantitative estimate of drug-likeness (QED) is 0.329. The van der Waals surface area contributed by atoms with Crippen LogP contribution in [0.3, 0.4) is 0 Å². The Morgan fingerprint density at radius 2 is 2.00 bits per heavy atom. The fourth-order valence-electron chi connectivity index (χ4n) is 4.93. The molecule has 8 nitrogen and oxygen atoms in total. The molecule has 0 amide bonds. The maximum absolute atomic E-state index is 9.75. The van der Waals surface area contributed by atoms with Crippen molar-refractivity contribution in [2.24, 2.45) is 11.8 Å². The number of aliphatic hydroxyl groups is 1. The van der Waals surface area contributed by atoms with Crippen LogP contribution in [0.1, 0.15) is 43.8 Å². The molecule has 35 heavy (non-hydrogen) atoms. The maximum Gasteiger partial charge on any atom is 0.225 e. The number of hydrogen-bond acceptors (Lipinski definition) is 8. The largest absolute Gasteiger partial charge is 0.454 e. The van der Waals surface area contributed by atoms with Crippen molar-refractivity contribution in [3.8, 4) is 11.3 Å². The van der Waals surface area contributed by atoms with Gasteiger partial charge in [0.1, 0.15) is 11.6 Å². The Labute approximate surface area is 205 Å². The Kier molecular flexibility index (Phi) is 6.63. The van der Waals surface area contributed by atoms with Crippen LogP contribution in [0.5, 0.6) is 0 Å². The van der Waals surface area contributed by atoms with E-state index in [0.29, 0.717) is 24.3 Å². The van der Waals surface area contributed by atoms with Crippen molar-refractivity contribution < 1.29 is 9.52 Å². The number of hydrogen-bond donors (Lipinski definition) is 3. The van der Waals surface area contributed by atoms with Gasteiger partial charge < -0.3 is 20.2 Å². The second kappa shape index (κ2) is 10.00. The van der Waals surface area contributed by atoms with E-state index in [9.17, 15) is 5.11 Å². The second-order valence-electron chi connectivity index (χ2n) is 9.44. The highest BCUT2D eigenvalue weighted by atomic mass is 16.3. The van der Waals surface area contributed by atoms with Gasteiger partial charge in [0.05, 0.1) is 29.7 Å². The van der Waals surface area contributed by atoms with Gasteiger partial charge in [0, 0.05) is 29.9 Å². The third kappa shape index (κ3) is 4.98. The zero-order valence-electron chi connectivity index (χ0n) is 20.5. The van der Waals surface area contributed by atoms with E-state index in [1.165, 1.54) is 0 Å². The van der Waals surface area contributed by atoms with Crippen LogP contribution in [0.15, 0.2) is 47.1 Å². The van der Waals surface area contributed by atoms with Crippen molar-refractivity contribution in [3.63, 3.8) is 0 Å². The van der Waals surface area contributed by atoms with Crippen molar-refractivity contribution in [1.29, 1.82) is 0 Å². The number of fused-ring (bicyclic) bond motifs is 1. The molecular weight excluding hydrogens is 440 g/mol. The smallest absolute Gasteiger partial charge is 0.225 e. The number of anilines is 2. The van der Waals surface area contributed by atoms with Crippen LogP contribution >= 0.6 is 0 Å². The van der Waals surface area contributed by atoms with Crippen molar-refractivity contribution >= 4 is 22.7 Å². The van der Waals surface area contributed by atoms with Crippen LogP contribution in [0.4, 0.5) is 11.8 Å². The SMILES string of the molecule is CCc1cc2cc(-c3c(C)nc(NCc4ccccn4)nc3N[C@@H]3C[C@H](CO)[C@@H](C)C3)oc2cn1. The molecule has 182 valence electrons. The Hall–Kier alpha value is -3.52. The molecule has 0 aromatic carbocycles. The first-order valence-electron chi connectivity index (χ1n) is 12.3. The third-order valence-corrected chi connectivity index (χ3v) is 6.94. The van der Waals surface area contributed by atoms with Gasteiger partial charge in [0.25, 0.3) is 0 Å². The van der Waals surface area contributed by atoms with Gasteiger partial charge in [0.15, 0.2) is 5.58 Å². The van der Waals surface area contributed by atoms with Gasteiger partial charge in [-0.3, -0.25) is 9.97 Å². The zero-order valence-corrected chi connectivity index (χ0v) is 20.5. The highest BCUT2D eigenvalue weighted by molar-refractivity contribution is 5.86. The standard InChI is InChI=1S/C27H32N6O2/c1-4-20-10-18-12-23(35-24(18)14-29-20)25-17(3)31-27(30-13-21-7-5-6-8-28-21)33-26(25)32-22-9-16(2)19(11-22)15-34/h5-8,10,12,14,16,19,22,34H,4,9,11,13,15H2,1-3H3,(H2,30,31,32,33)/t16-,19+,22-/m0/s1. The van der Waals surface area contributed by atoms with E-state index in [2.05, 4.69) is 40.5 Å². The van der Waals surface area contributed by atoms with Crippen LogP contribution in [-0.2, 0) is 13.0 Å². The number of furan rings is 1. The summed E-state index contributed by atoms with van der Waals surface area (Å²) in [7, 11) is 0. The summed E-state index contributed by atoms with van der Waals surface area (Å²) in [5, 5.41) is 17.7. The average molecular weight is 473 g/mol. The van der Waals surface area contributed by atoms with Crippen LogP contribution in [0.25, 0.3) is 22.3 Å². The van der Waals surface area contributed by atoms with E-state index in [0.717, 1.165) is 64.5 Å². The van der Waals surface area contributed by atoms with Crippen molar-refractivity contribution in [3.05, 3.63) is 59.8 Å². The molecule has 0 radical (unpaired) electrons. The first-order valence-corrected chi connectivity index (χ1v) is 12.3. The number of rotatable bonds is 8. The van der Waals surface area contributed by atoms with Crippen LogP contribution in [0.2, 0.25) is 0 Å². The number of aliphatic hydroxyl groups excluding tert-OH is 1. The normalized spacial score (nSPS) is 19.8. The summed E-state index contributed by atoms with van der Waals surface area (Å²) in [5.41, 5.74) is 4.36. The lowest BCUT2D eigenvalue weighted by atomic mass is 10.00. The molecule has 1 aliphatic rings. The van der Waals surface area contributed by atoms with E-state index in [-0.39, 0.29) is 12.6 Å². The zero-order chi connectivity index (χ0) is 24.4. The lowest BCUT2D eigenvalue weighted by molar-refractivity contribution is 0.201. The first kappa shape index (κ1) is 23.2.